The van der Waals surface area contributed by atoms with E-state index in [-0.39, 0.29) is 5.91 Å². The van der Waals surface area contributed by atoms with Crippen LogP contribution in [0.2, 0.25) is 0 Å². The quantitative estimate of drug-likeness (QED) is 0.884. The Morgan fingerprint density at radius 3 is 2.90 bits per heavy atom. The van der Waals surface area contributed by atoms with Crippen molar-refractivity contribution in [3.8, 4) is 0 Å². The number of anilines is 1. The van der Waals surface area contributed by atoms with Crippen molar-refractivity contribution >= 4 is 11.7 Å². The van der Waals surface area contributed by atoms with Crippen molar-refractivity contribution in [2.45, 2.75) is 25.8 Å². The zero-order valence-corrected chi connectivity index (χ0v) is 11.9. The number of piperidine rings is 1. The molecule has 0 radical (unpaired) electrons. The highest BCUT2D eigenvalue weighted by atomic mass is 16.2. The second-order valence-electron chi connectivity index (χ2n) is 5.24. The fourth-order valence-corrected chi connectivity index (χ4v) is 2.35. The number of aryl methyl sites for hydroxylation is 1. The molecule has 3 rings (SSSR count). The van der Waals surface area contributed by atoms with Crippen LogP contribution in [0.25, 0.3) is 0 Å². The van der Waals surface area contributed by atoms with Gasteiger partial charge in [-0.15, -0.1) is 5.10 Å². The van der Waals surface area contributed by atoms with Gasteiger partial charge in [0, 0.05) is 6.20 Å². The van der Waals surface area contributed by atoms with Crippen molar-refractivity contribution < 1.29 is 4.79 Å². The zero-order valence-electron chi connectivity index (χ0n) is 11.9. The Kier molecular flexibility index (Phi) is 3.92. The highest BCUT2D eigenvalue weighted by Gasteiger charge is 2.18. The Bertz CT molecular complexity index is 615. The molecule has 1 aliphatic heterocycles. The molecule has 2 aromatic heterocycles. The van der Waals surface area contributed by atoms with Crippen LogP contribution in [0.1, 0.15) is 34.9 Å². The standard InChI is InChI=1S/C14H18N6O/c1-10-2-3-13(16-8-10)17-14(21)12-9-20(19-18-12)11-4-6-15-7-5-11/h2-3,8-9,11,15H,4-7H2,1H3,(H,16,17,21). The lowest BCUT2D eigenvalue weighted by Crippen LogP contribution is -2.29. The summed E-state index contributed by atoms with van der Waals surface area (Å²) in [6.07, 6.45) is 5.43. The van der Waals surface area contributed by atoms with Crippen molar-refractivity contribution in [3.05, 3.63) is 35.8 Å². The van der Waals surface area contributed by atoms with E-state index in [1.165, 1.54) is 0 Å². The summed E-state index contributed by atoms with van der Waals surface area (Å²) >= 11 is 0. The number of aromatic nitrogens is 4. The van der Waals surface area contributed by atoms with E-state index >= 15 is 0 Å². The summed E-state index contributed by atoms with van der Waals surface area (Å²) in [6, 6.07) is 3.98. The van der Waals surface area contributed by atoms with Gasteiger partial charge in [-0.25, -0.2) is 9.67 Å². The predicted octanol–water partition coefficient (Wildman–Crippen LogP) is 1.16. The lowest BCUT2D eigenvalue weighted by Gasteiger charge is -2.22. The zero-order chi connectivity index (χ0) is 14.7. The molecule has 3 heterocycles. The first kappa shape index (κ1) is 13.7. The summed E-state index contributed by atoms with van der Waals surface area (Å²) in [5, 5.41) is 14.1. The van der Waals surface area contributed by atoms with Gasteiger partial charge in [0.1, 0.15) is 5.82 Å². The molecular weight excluding hydrogens is 268 g/mol. The van der Waals surface area contributed by atoms with Crippen LogP contribution in [-0.4, -0.2) is 39.0 Å². The molecule has 0 spiro atoms. The fraction of sp³-hybridized carbons (Fsp3) is 0.429. The number of nitrogens with zero attached hydrogens (tertiary/aromatic N) is 4. The van der Waals surface area contributed by atoms with Gasteiger partial charge in [-0.1, -0.05) is 11.3 Å². The Morgan fingerprint density at radius 1 is 1.38 bits per heavy atom. The number of pyridine rings is 1. The summed E-state index contributed by atoms with van der Waals surface area (Å²) in [4.78, 5) is 16.3. The summed E-state index contributed by atoms with van der Waals surface area (Å²) in [5.74, 6) is 0.230. The van der Waals surface area contributed by atoms with Gasteiger partial charge in [-0.05, 0) is 44.5 Å². The normalized spacial score (nSPS) is 15.9. The van der Waals surface area contributed by atoms with Crippen molar-refractivity contribution in [2.24, 2.45) is 0 Å². The van der Waals surface area contributed by atoms with Crippen molar-refractivity contribution in [1.29, 1.82) is 0 Å². The van der Waals surface area contributed by atoms with Crippen LogP contribution < -0.4 is 10.6 Å². The third kappa shape index (κ3) is 3.25. The van der Waals surface area contributed by atoms with Gasteiger partial charge in [-0.3, -0.25) is 4.79 Å². The van der Waals surface area contributed by atoms with Crippen molar-refractivity contribution in [2.75, 3.05) is 18.4 Å². The van der Waals surface area contributed by atoms with Crippen LogP contribution in [0, 0.1) is 6.92 Å². The molecule has 21 heavy (non-hydrogen) atoms. The number of nitrogens with one attached hydrogen (secondary N) is 2. The largest absolute Gasteiger partial charge is 0.317 e. The molecule has 0 aromatic carbocycles. The summed E-state index contributed by atoms with van der Waals surface area (Å²) in [5.41, 5.74) is 1.36. The van der Waals surface area contributed by atoms with Gasteiger partial charge >= 0.3 is 0 Å². The van der Waals surface area contributed by atoms with Crippen LogP contribution in [0.5, 0.6) is 0 Å². The van der Waals surface area contributed by atoms with Crippen LogP contribution in [0.15, 0.2) is 24.5 Å². The average molecular weight is 286 g/mol. The molecule has 2 aromatic rings. The Labute approximate surface area is 122 Å². The summed E-state index contributed by atoms with van der Waals surface area (Å²) in [7, 11) is 0. The predicted molar refractivity (Wildman–Crippen MR) is 78.1 cm³/mol. The highest BCUT2D eigenvalue weighted by molar-refractivity contribution is 6.02. The minimum Gasteiger partial charge on any atom is -0.317 e. The summed E-state index contributed by atoms with van der Waals surface area (Å²) in [6.45, 7) is 3.89. The maximum Gasteiger partial charge on any atom is 0.278 e. The fourth-order valence-electron chi connectivity index (χ4n) is 2.35. The van der Waals surface area contributed by atoms with Crippen molar-refractivity contribution in [1.82, 2.24) is 25.3 Å². The third-order valence-corrected chi connectivity index (χ3v) is 3.58. The number of rotatable bonds is 3. The van der Waals surface area contributed by atoms with E-state index in [9.17, 15) is 4.79 Å². The average Bonchev–Trinajstić information content (AvgIpc) is 3.00. The second kappa shape index (κ2) is 6.01. The maximum absolute atomic E-state index is 12.1. The monoisotopic (exact) mass is 286 g/mol. The van der Waals surface area contributed by atoms with Crippen molar-refractivity contribution in [3.63, 3.8) is 0 Å². The Morgan fingerprint density at radius 2 is 2.19 bits per heavy atom. The molecule has 7 nitrogen and oxygen atoms in total. The lowest BCUT2D eigenvalue weighted by molar-refractivity contribution is 0.102. The minimum absolute atomic E-state index is 0.286. The van der Waals surface area contributed by atoms with Gasteiger partial charge in [0.15, 0.2) is 5.69 Å². The van der Waals surface area contributed by atoms with Gasteiger partial charge in [0.05, 0.1) is 12.2 Å². The first-order valence-corrected chi connectivity index (χ1v) is 7.09. The Balaban J connectivity index is 1.67. The first-order chi connectivity index (χ1) is 10.2. The maximum atomic E-state index is 12.1. The molecule has 1 fully saturated rings. The second-order valence-corrected chi connectivity index (χ2v) is 5.24. The molecule has 1 amide bonds. The number of carbonyl (C=O) groups excluding carboxylic acids is 1. The van der Waals surface area contributed by atoms with E-state index < -0.39 is 0 Å². The highest BCUT2D eigenvalue weighted by Crippen LogP contribution is 2.17. The Hall–Kier alpha value is -2.28. The number of hydrogen-bond acceptors (Lipinski definition) is 5. The van der Waals surface area contributed by atoms with E-state index in [4.69, 9.17) is 0 Å². The van der Waals surface area contributed by atoms with E-state index in [0.29, 0.717) is 17.6 Å². The third-order valence-electron chi connectivity index (χ3n) is 3.58. The van der Waals surface area contributed by atoms with E-state index in [0.717, 1.165) is 31.5 Å². The molecule has 0 aliphatic carbocycles. The molecule has 1 aliphatic rings. The molecular formula is C14H18N6O. The van der Waals surface area contributed by atoms with Crippen LogP contribution in [0.4, 0.5) is 5.82 Å². The topological polar surface area (TPSA) is 84.7 Å². The number of amides is 1. The number of hydrogen-bond donors (Lipinski definition) is 2. The van der Waals surface area contributed by atoms with Crippen LogP contribution in [-0.2, 0) is 0 Å². The smallest absolute Gasteiger partial charge is 0.278 e. The number of carbonyl (C=O) groups is 1. The van der Waals surface area contributed by atoms with Gasteiger partial charge in [0.2, 0.25) is 0 Å². The molecule has 1 saturated heterocycles. The van der Waals surface area contributed by atoms with E-state index in [1.807, 2.05) is 13.0 Å². The van der Waals surface area contributed by atoms with Crippen LogP contribution in [0.3, 0.4) is 0 Å². The minimum atomic E-state index is -0.286. The van der Waals surface area contributed by atoms with Gasteiger partial charge < -0.3 is 10.6 Å². The molecule has 7 heteroatoms. The van der Waals surface area contributed by atoms with E-state index in [1.54, 1.807) is 23.1 Å². The lowest BCUT2D eigenvalue weighted by atomic mass is 10.1. The first-order valence-electron chi connectivity index (χ1n) is 7.09. The summed E-state index contributed by atoms with van der Waals surface area (Å²) < 4.78 is 1.79. The molecule has 0 atom stereocenters. The molecule has 0 saturated carbocycles. The van der Waals surface area contributed by atoms with E-state index in [2.05, 4.69) is 25.9 Å². The van der Waals surface area contributed by atoms with Gasteiger partial charge in [0.25, 0.3) is 5.91 Å². The van der Waals surface area contributed by atoms with Crippen LogP contribution >= 0.6 is 0 Å². The molecule has 0 bridgehead atoms. The molecule has 2 N–H and O–H groups in total. The molecule has 0 unspecified atom stereocenters. The SMILES string of the molecule is Cc1ccc(NC(=O)c2cn(C3CCNCC3)nn2)nc1. The van der Waals surface area contributed by atoms with Gasteiger partial charge in [-0.2, -0.15) is 0 Å². The molecule has 110 valence electrons.